The molecule has 2 amide bonds. The van der Waals surface area contributed by atoms with Crippen LogP contribution in [0, 0.1) is 11.7 Å². The van der Waals surface area contributed by atoms with Gasteiger partial charge in [-0.05, 0) is 61.3 Å². The van der Waals surface area contributed by atoms with E-state index in [-0.39, 0.29) is 23.7 Å². The third kappa shape index (κ3) is 4.41. The van der Waals surface area contributed by atoms with E-state index in [1.54, 1.807) is 4.90 Å². The lowest BCUT2D eigenvalue weighted by molar-refractivity contribution is -0.122. The van der Waals surface area contributed by atoms with Crippen LogP contribution in [0.2, 0.25) is 0 Å². The third-order valence-corrected chi connectivity index (χ3v) is 5.83. The summed E-state index contributed by atoms with van der Waals surface area (Å²) >= 11 is 0. The first kappa shape index (κ1) is 18.8. The minimum absolute atomic E-state index is 0.0560. The zero-order valence-electron chi connectivity index (χ0n) is 15.1. The van der Waals surface area contributed by atoms with Crippen LogP contribution in [-0.4, -0.2) is 42.9 Å². The van der Waals surface area contributed by atoms with Crippen molar-refractivity contribution in [2.24, 2.45) is 11.7 Å². The molecule has 3 rings (SSSR count). The molecule has 0 saturated carbocycles. The van der Waals surface area contributed by atoms with Crippen LogP contribution in [0.4, 0.5) is 4.39 Å². The molecule has 26 heavy (non-hydrogen) atoms. The van der Waals surface area contributed by atoms with E-state index in [1.807, 2.05) is 6.07 Å². The van der Waals surface area contributed by atoms with Crippen molar-refractivity contribution in [2.45, 2.75) is 50.5 Å². The van der Waals surface area contributed by atoms with Crippen LogP contribution < -0.4 is 11.1 Å². The van der Waals surface area contributed by atoms with Crippen molar-refractivity contribution in [3.8, 4) is 0 Å². The molecule has 5 nitrogen and oxygen atoms in total. The molecule has 1 aliphatic heterocycles. The van der Waals surface area contributed by atoms with Crippen molar-refractivity contribution < 1.29 is 14.0 Å². The normalized spacial score (nSPS) is 22.2. The van der Waals surface area contributed by atoms with Crippen LogP contribution in [0.5, 0.6) is 0 Å². The predicted molar refractivity (Wildman–Crippen MR) is 98.0 cm³/mol. The summed E-state index contributed by atoms with van der Waals surface area (Å²) in [6, 6.07) is 4.68. The zero-order valence-corrected chi connectivity index (χ0v) is 15.1. The second-order valence-corrected chi connectivity index (χ2v) is 7.53. The van der Waals surface area contributed by atoms with E-state index in [0.29, 0.717) is 12.5 Å². The Labute approximate surface area is 154 Å². The van der Waals surface area contributed by atoms with Crippen LogP contribution in [0.15, 0.2) is 18.2 Å². The number of nitrogens with zero attached hydrogens (tertiary/aromatic N) is 1. The highest BCUT2D eigenvalue weighted by Gasteiger charge is 2.28. The molecule has 1 aromatic carbocycles. The number of hydrogen-bond acceptors (Lipinski definition) is 3. The SMILES string of the molecule is NC(CNC(=O)C1CCCCc2ccc(F)cc21)C1CCN(C=O)CC1. The quantitative estimate of drug-likeness (QED) is 0.622. The minimum atomic E-state index is -0.299. The Morgan fingerprint density at radius 1 is 1.31 bits per heavy atom. The van der Waals surface area contributed by atoms with E-state index in [9.17, 15) is 14.0 Å². The number of amides is 2. The van der Waals surface area contributed by atoms with E-state index in [1.165, 1.54) is 12.1 Å². The van der Waals surface area contributed by atoms with Gasteiger partial charge in [0.1, 0.15) is 5.82 Å². The summed E-state index contributed by atoms with van der Waals surface area (Å²) in [6.45, 7) is 1.88. The zero-order chi connectivity index (χ0) is 18.5. The van der Waals surface area contributed by atoms with Gasteiger partial charge < -0.3 is 16.0 Å². The first-order valence-corrected chi connectivity index (χ1v) is 9.59. The molecule has 1 fully saturated rings. The van der Waals surface area contributed by atoms with Crippen molar-refractivity contribution >= 4 is 12.3 Å². The molecule has 2 aliphatic rings. The van der Waals surface area contributed by atoms with Crippen LogP contribution in [0.25, 0.3) is 0 Å². The molecule has 0 spiro atoms. The summed E-state index contributed by atoms with van der Waals surface area (Å²) in [5.41, 5.74) is 8.19. The molecule has 2 unspecified atom stereocenters. The van der Waals surface area contributed by atoms with E-state index in [4.69, 9.17) is 5.73 Å². The second kappa shape index (κ2) is 8.62. The number of halogens is 1. The number of aryl methyl sites for hydroxylation is 1. The number of nitrogens with two attached hydrogens (primary N) is 1. The van der Waals surface area contributed by atoms with Gasteiger partial charge in [0.05, 0.1) is 5.92 Å². The number of carbonyl (C=O) groups is 2. The van der Waals surface area contributed by atoms with Gasteiger partial charge in [-0.15, -0.1) is 0 Å². The molecular formula is C20H28FN3O2. The van der Waals surface area contributed by atoms with Gasteiger partial charge in [-0.3, -0.25) is 9.59 Å². The molecule has 0 bridgehead atoms. The fourth-order valence-corrected chi connectivity index (χ4v) is 4.17. The summed E-state index contributed by atoms with van der Waals surface area (Å²) in [5.74, 6) is -0.334. The summed E-state index contributed by atoms with van der Waals surface area (Å²) in [7, 11) is 0. The van der Waals surface area contributed by atoms with Crippen LogP contribution >= 0.6 is 0 Å². The molecule has 3 N–H and O–H groups in total. The Bertz CT molecular complexity index is 644. The molecular weight excluding hydrogens is 333 g/mol. The number of benzene rings is 1. The summed E-state index contributed by atoms with van der Waals surface area (Å²) in [4.78, 5) is 25.3. The van der Waals surface area contributed by atoms with Crippen molar-refractivity contribution in [2.75, 3.05) is 19.6 Å². The van der Waals surface area contributed by atoms with Gasteiger partial charge in [0.15, 0.2) is 0 Å². The average molecular weight is 361 g/mol. The van der Waals surface area contributed by atoms with Gasteiger partial charge >= 0.3 is 0 Å². The molecule has 1 aliphatic carbocycles. The van der Waals surface area contributed by atoms with Gasteiger partial charge in [0.2, 0.25) is 12.3 Å². The number of carbonyl (C=O) groups excluding carboxylic acids is 2. The maximum atomic E-state index is 13.7. The minimum Gasteiger partial charge on any atom is -0.354 e. The maximum absolute atomic E-state index is 13.7. The van der Waals surface area contributed by atoms with E-state index >= 15 is 0 Å². The number of nitrogens with one attached hydrogen (secondary N) is 1. The average Bonchev–Trinajstić information content (AvgIpc) is 2.88. The second-order valence-electron chi connectivity index (χ2n) is 7.53. The number of fused-ring (bicyclic) bond motifs is 1. The third-order valence-electron chi connectivity index (χ3n) is 5.83. The Kier molecular flexibility index (Phi) is 6.25. The van der Waals surface area contributed by atoms with Crippen LogP contribution in [-0.2, 0) is 16.0 Å². The molecule has 2 atom stereocenters. The molecule has 0 radical (unpaired) electrons. The van der Waals surface area contributed by atoms with Gasteiger partial charge in [0, 0.05) is 25.7 Å². The molecule has 0 aromatic heterocycles. The van der Waals surface area contributed by atoms with Crippen molar-refractivity contribution in [1.29, 1.82) is 0 Å². The van der Waals surface area contributed by atoms with Crippen LogP contribution in [0.3, 0.4) is 0 Å². The fraction of sp³-hybridized carbons (Fsp3) is 0.600. The largest absolute Gasteiger partial charge is 0.354 e. The van der Waals surface area contributed by atoms with Crippen LogP contribution in [0.1, 0.15) is 49.1 Å². The van der Waals surface area contributed by atoms with Crippen molar-refractivity contribution in [3.05, 3.63) is 35.1 Å². The maximum Gasteiger partial charge on any atom is 0.227 e. The summed E-state index contributed by atoms with van der Waals surface area (Å²) in [6.07, 6.45) is 6.25. The molecule has 1 heterocycles. The van der Waals surface area contributed by atoms with E-state index in [0.717, 1.165) is 69.2 Å². The number of rotatable bonds is 5. The highest BCUT2D eigenvalue weighted by molar-refractivity contribution is 5.84. The molecule has 6 heteroatoms. The first-order valence-electron chi connectivity index (χ1n) is 9.59. The highest BCUT2D eigenvalue weighted by Crippen LogP contribution is 2.31. The van der Waals surface area contributed by atoms with E-state index < -0.39 is 0 Å². The number of piperidine rings is 1. The first-order chi connectivity index (χ1) is 12.6. The van der Waals surface area contributed by atoms with Gasteiger partial charge in [-0.2, -0.15) is 0 Å². The van der Waals surface area contributed by atoms with Gasteiger partial charge in [-0.25, -0.2) is 4.39 Å². The predicted octanol–water partition coefficient (Wildman–Crippen LogP) is 1.95. The summed E-state index contributed by atoms with van der Waals surface area (Å²) < 4.78 is 13.7. The topological polar surface area (TPSA) is 75.4 Å². The molecule has 1 aromatic rings. The van der Waals surface area contributed by atoms with Crippen molar-refractivity contribution in [1.82, 2.24) is 10.2 Å². The lowest BCUT2D eigenvalue weighted by Crippen LogP contribution is -2.47. The fourth-order valence-electron chi connectivity index (χ4n) is 4.17. The monoisotopic (exact) mass is 361 g/mol. The number of hydrogen-bond donors (Lipinski definition) is 2. The Hall–Kier alpha value is -1.95. The Morgan fingerprint density at radius 3 is 2.81 bits per heavy atom. The molecule has 1 saturated heterocycles. The summed E-state index contributed by atoms with van der Waals surface area (Å²) in [5, 5.41) is 2.99. The number of likely N-dealkylation sites (tertiary alicyclic amines) is 1. The van der Waals surface area contributed by atoms with Gasteiger partial charge in [0.25, 0.3) is 0 Å². The standard InChI is InChI=1S/C20H28FN3O2/c21-16-6-5-14-3-1-2-4-17(18(14)11-16)20(26)23-12-19(22)15-7-9-24(13-25)10-8-15/h5-6,11,13,15,17,19H,1-4,7-10,12,22H2,(H,23,26). The Balaban J connectivity index is 1.58. The smallest absolute Gasteiger partial charge is 0.227 e. The highest BCUT2D eigenvalue weighted by atomic mass is 19.1. The van der Waals surface area contributed by atoms with Gasteiger partial charge in [-0.1, -0.05) is 12.5 Å². The lowest BCUT2D eigenvalue weighted by Gasteiger charge is -2.33. The lowest BCUT2D eigenvalue weighted by atomic mass is 9.89. The molecule has 142 valence electrons. The van der Waals surface area contributed by atoms with Crippen molar-refractivity contribution in [3.63, 3.8) is 0 Å². The Morgan fingerprint density at radius 2 is 2.08 bits per heavy atom. The van der Waals surface area contributed by atoms with E-state index in [2.05, 4.69) is 5.32 Å².